The summed E-state index contributed by atoms with van der Waals surface area (Å²) in [6.07, 6.45) is 9.97. The SMILES string of the molecule is CCCCCOC(=O)Cc1cc2c(O)c(c1)Cc1cc(CC(=O)OCCCCC)cc(c1O)Cc1cc(CC(=O)OCCCCC)cc(c1O)Cc1cc(CC(=O)OCCCCC)cc(c1O)C2. The number of unbranched alkanes of at least 4 members (excludes halogenated alkanes) is 8. The van der Waals surface area contributed by atoms with Crippen molar-refractivity contribution >= 4 is 23.9 Å². The number of rotatable bonds is 24. The van der Waals surface area contributed by atoms with E-state index in [2.05, 4.69) is 27.7 Å². The first-order valence-corrected chi connectivity index (χ1v) is 24.8. The highest BCUT2D eigenvalue weighted by Crippen LogP contribution is 2.39. The molecule has 5 rings (SSSR count). The van der Waals surface area contributed by atoms with Crippen molar-refractivity contribution in [3.8, 4) is 23.0 Å². The van der Waals surface area contributed by atoms with Crippen LogP contribution in [0.25, 0.3) is 0 Å². The van der Waals surface area contributed by atoms with E-state index in [0.717, 1.165) is 77.0 Å². The number of fused-ring (bicyclic) bond motifs is 8. The average molecular weight is 937 g/mol. The molecule has 368 valence electrons. The predicted molar refractivity (Wildman–Crippen MR) is 260 cm³/mol. The Morgan fingerprint density at radius 3 is 0.676 bits per heavy atom. The molecule has 0 atom stereocenters. The number of carbonyl (C=O) groups is 4. The number of hydrogen-bond donors (Lipinski definition) is 4. The first kappa shape index (κ1) is 52.9. The van der Waals surface area contributed by atoms with E-state index in [9.17, 15) is 39.6 Å². The number of carbonyl (C=O) groups excluding carboxylic acids is 4. The zero-order chi connectivity index (χ0) is 49.0. The molecule has 0 saturated carbocycles. The first-order valence-electron chi connectivity index (χ1n) is 24.8. The van der Waals surface area contributed by atoms with Crippen LogP contribution in [0.1, 0.15) is 172 Å². The van der Waals surface area contributed by atoms with Crippen molar-refractivity contribution in [2.75, 3.05) is 26.4 Å². The number of esters is 4. The highest BCUT2D eigenvalue weighted by molar-refractivity contribution is 5.75. The van der Waals surface area contributed by atoms with Gasteiger partial charge in [-0.15, -0.1) is 0 Å². The Hall–Kier alpha value is -6.04. The lowest BCUT2D eigenvalue weighted by atomic mass is 9.87. The minimum absolute atomic E-state index is 0.0290. The monoisotopic (exact) mass is 937 g/mol. The first-order chi connectivity index (χ1) is 32.8. The summed E-state index contributed by atoms with van der Waals surface area (Å²) in [5.41, 5.74) is 5.18. The van der Waals surface area contributed by atoms with Gasteiger partial charge in [-0.1, -0.05) is 128 Å². The average Bonchev–Trinajstić information content (AvgIpc) is 3.29. The Labute approximate surface area is 402 Å². The van der Waals surface area contributed by atoms with E-state index < -0.39 is 23.9 Å². The molecule has 0 spiro atoms. The number of hydrogen-bond acceptors (Lipinski definition) is 12. The van der Waals surface area contributed by atoms with Crippen LogP contribution in [-0.2, 0) is 89.5 Å². The minimum atomic E-state index is -0.440. The molecule has 1 aliphatic rings. The lowest BCUT2D eigenvalue weighted by Gasteiger charge is -2.20. The van der Waals surface area contributed by atoms with Crippen LogP contribution in [0.4, 0.5) is 0 Å². The molecule has 0 aliphatic heterocycles. The van der Waals surface area contributed by atoms with Crippen LogP contribution in [0.3, 0.4) is 0 Å². The van der Waals surface area contributed by atoms with Crippen LogP contribution in [-0.4, -0.2) is 70.7 Å². The lowest BCUT2D eigenvalue weighted by Crippen LogP contribution is -2.12. The fourth-order valence-corrected chi connectivity index (χ4v) is 8.66. The van der Waals surface area contributed by atoms with Crippen molar-refractivity contribution < 1.29 is 58.6 Å². The predicted octanol–water partition coefficient (Wildman–Crippen LogP) is 10.3. The Bertz CT molecular complexity index is 1930. The summed E-state index contributed by atoms with van der Waals surface area (Å²) in [6.45, 7) is 9.37. The lowest BCUT2D eigenvalue weighted by molar-refractivity contribution is -0.143. The Kier molecular flexibility index (Phi) is 21.1. The Morgan fingerprint density at radius 2 is 0.515 bits per heavy atom. The number of ether oxygens (including phenoxy) is 4. The van der Waals surface area contributed by atoms with Gasteiger partial charge < -0.3 is 39.4 Å². The van der Waals surface area contributed by atoms with E-state index in [0.29, 0.717) is 66.8 Å². The number of phenols is 4. The van der Waals surface area contributed by atoms with Gasteiger partial charge in [0.05, 0.1) is 52.1 Å². The minimum Gasteiger partial charge on any atom is -0.507 e. The summed E-state index contributed by atoms with van der Waals surface area (Å²) in [6, 6.07) is 13.6. The maximum Gasteiger partial charge on any atom is 0.310 e. The fraction of sp³-hybridized carbons (Fsp3) is 0.500. The largest absolute Gasteiger partial charge is 0.507 e. The van der Waals surface area contributed by atoms with Crippen LogP contribution in [0.2, 0.25) is 0 Å². The van der Waals surface area contributed by atoms with Gasteiger partial charge in [-0.25, -0.2) is 0 Å². The molecule has 4 aromatic carbocycles. The zero-order valence-corrected chi connectivity index (χ0v) is 40.6. The van der Waals surface area contributed by atoms with Gasteiger partial charge in [-0.2, -0.15) is 0 Å². The summed E-state index contributed by atoms with van der Waals surface area (Å²) in [4.78, 5) is 52.8. The second-order valence-electron chi connectivity index (χ2n) is 18.2. The van der Waals surface area contributed by atoms with Crippen molar-refractivity contribution in [1.29, 1.82) is 0 Å². The molecule has 0 fully saturated rings. The third kappa shape index (κ3) is 16.0. The van der Waals surface area contributed by atoms with Crippen molar-refractivity contribution in [3.63, 3.8) is 0 Å². The quantitative estimate of drug-likeness (QED) is 0.0261. The van der Waals surface area contributed by atoms with Crippen LogP contribution in [0, 0.1) is 0 Å². The zero-order valence-electron chi connectivity index (χ0n) is 40.6. The van der Waals surface area contributed by atoms with E-state index in [4.69, 9.17) is 18.9 Å². The molecule has 0 unspecified atom stereocenters. The van der Waals surface area contributed by atoms with Crippen LogP contribution >= 0.6 is 0 Å². The molecule has 68 heavy (non-hydrogen) atoms. The molecule has 8 bridgehead atoms. The summed E-state index contributed by atoms with van der Waals surface area (Å²) >= 11 is 0. The van der Waals surface area contributed by atoms with Gasteiger partial charge >= 0.3 is 23.9 Å². The second kappa shape index (κ2) is 27.1. The van der Waals surface area contributed by atoms with E-state index in [1.165, 1.54) is 0 Å². The van der Waals surface area contributed by atoms with Crippen molar-refractivity contribution in [2.24, 2.45) is 0 Å². The highest BCUT2D eigenvalue weighted by Gasteiger charge is 2.24. The standard InChI is InChI=1S/C56H72O12/c1-5-9-13-17-65-49(57)29-37-21-41-33-43-23-38(30-50(58)66-18-14-10-6-2)25-45(54(43)62)35-47-27-40(32-52(60)68-20-16-12-8-4)28-48(56(47)64)36-46-26-39(31-51(59)67-19-15-11-7-3)24-44(55(46)63)34-42(22-37)53(41)61/h21-28,61-64H,5-20,29-36H2,1-4H3. The number of phenolic OH excluding ortho intramolecular Hbond substituents is 4. The van der Waals surface area contributed by atoms with Gasteiger partial charge in [0.1, 0.15) is 23.0 Å². The molecule has 0 amide bonds. The Morgan fingerprint density at radius 1 is 0.338 bits per heavy atom. The smallest absolute Gasteiger partial charge is 0.310 e. The van der Waals surface area contributed by atoms with Crippen molar-refractivity contribution in [1.82, 2.24) is 0 Å². The molecule has 12 heteroatoms. The summed E-state index contributed by atoms with van der Waals surface area (Å²) in [5, 5.41) is 48.4. The number of benzene rings is 4. The molecule has 1 aliphatic carbocycles. The maximum absolute atomic E-state index is 13.2. The summed E-state index contributed by atoms with van der Waals surface area (Å²) < 4.78 is 22.3. The third-order valence-electron chi connectivity index (χ3n) is 12.3. The Balaban J connectivity index is 1.68. The molecule has 0 saturated heterocycles. The van der Waals surface area contributed by atoms with Crippen LogP contribution in [0.15, 0.2) is 48.5 Å². The van der Waals surface area contributed by atoms with Crippen molar-refractivity contribution in [2.45, 2.75) is 156 Å². The van der Waals surface area contributed by atoms with E-state index in [1.807, 2.05) is 0 Å². The molecule has 0 aromatic heterocycles. The number of aromatic hydroxyl groups is 4. The summed E-state index contributed by atoms with van der Waals surface area (Å²) in [5.74, 6) is -2.22. The van der Waals surface area contributed by atoms with Gasteiger partial charge in [-0.3, -0.25) is 19.2 Å². The maximum atomic E-state index is 13.2. The molecule has 12 nitrogen and oxygen atoms in total. The van der Waals surface area contributed by atoms with E-state index in [-0.39, 0.29) is 101 Å². The molecule has 4 N–H and O–H groups in total. The van der Waals surface area contributed by atoms with Gasteiger partial charge in [0, 0.05) is 25.7 Å². The molecule has 0 heterocycles. The fourth-order valence-electron chi connectivity index (χ4n) is 8.66. The van der Waals surface area contributed by atoms with Gasteiger partial charge in [-0.05, 0) is 92.4 Å². The summed E-state index contributed by atoms with van der Waals surface area (Å²) in [7, 11) is 0. The topological polar surface area (TPSA) is 186 Å². The van der Waals surface area contributed by atoms with E-state index in [1.54, 1.807) is 48.5 Å². The van der Waals surface area contributed by atoms with Crippen LogP contribution in [0.5, 0.6) is 23.0 Å². The van der Waals surface area contributed by atoms with Crippen LogP contribution < -0.4 is 0 Å². The normalized spacial score (nSPS) is 12.1. The molecular weight excluding hydrogens is 865 g/mol. The van der Waals surface area contributed by atoms with Crippen molar-refractivity contribution in [3.05, 3.63) is 115 Å². The molecule has 0 radical (unpaired) electrons. The highest BCUT2D eigenvalue weighted by atomic mass is 16.5. The molecular formula is C56H72O12. The van der Waals surface area contributed by atoms with E-state index >= 15 is 0 Å². The second-order valence-corrected chi connectivity index (χ2v) is 18.2. The molecule has 4 aromatic rings. The van der Waals surface area contributed by atoms with Gasteiger partial charge in [0.25, 0.3) is 0 Å². The van der Waals surface area contributed by atoms with Gasteiger partial charge in [0.15, 0.2) is 0 Å². The third-order valence-corrected chi connectivity index (χ3v) is 12.3. The van der Waals surface area contributed by atoms with Gasteiger partial charge in [0.2, 0.25) is 0 Å².